The van der Waals surface area contributed by atoms with Crippen molar-refractivity contribution in [1.29, 1.82) is 0 Å². The lowest BCUT2D eigenvalue weighted by atomic mass is 10.1. The van der Waals surface area contributed by atoms with Crippen LogP contribution in [0.3, 0.4) is 0 Å². The monoisotopic (exact) mass is 296 g/mol. The average Bonchev–Trinajstić information content (AvgIpc) is 3.17. The van der Waals surface area contributed by atoms with Gasteiger partial charge in [0.15, 0.2) is 0 Å². The molecule has 0 saturated heterocycles. The van der Waals surface area contributed by atoms with Crippen molar-refractivity contribution < 1.29 is 10.0 Å². The Hall–Kier alpha value is -1.47. The molecule has 2 atom stereocenters. The van der Waals surface area contributed by atoms with Gasteiger partial charge in [0.2, 0.25) is 0 Å². The van der Waals surface area contributed by atoms with Gasteiger partial charge in [-0.05, 0) is 45.1 Å². The van der Waals surface area contributed by atoms with E-state index in [1.165, 1.54) is 17.5 Å². The lowest BCUT2D eigenvalue weighted by molar-refractivity contribution is -0.386. The van der Waals surface area contributed by atoms with Gasteiger partial charge in [-0.15, -0.1) is 0 Å². The summed E-state index contributed by atoms with van der Waals surface area (Å²) in [5.74, 6) is 1.49. The topological polar surface area (TPSA) is 93.2 Å². The third-order valence-corrected chi connectivity index (χ3v) is 4.18. The summed E-state index contributed by atoms with van der Waals surface area (Å²) in [4.78, 5) is 10.5. The number of nitrogens with one attached hydrogen (secondary N) is 1. The first-order chi connectivity index (χ1) is 9.90. The highest BCUT2D eigenvalue weighted by atomic mass is 16.6. The first-order valence-corrected chi connectivity index (χ1v) is 7.47. The van der Waals surface area contributed by atoms with Crippen LogP contribution >= 0.6 is 0 Å². The van der Waals surface area contributed by atoms with Gasteiger partial charge in [0.1, 0.15) is 11.4 Å². The van der Waals surface area contributed by atoms with E-state index in [4.69, 9.17) is 0 Å². The molecule has 118 valence electrons. The third-order valence-electron chi connectivity index (χ3n) is 4.18. The molecule has 21 heavy (non-hydrogen) atoms. The molecule has 2 rings (SSSR count). The normalized spacial score (nSPS) is 17.7. The number of aryl methyl sites for hydroxylation is 1. The highest BCUT2D eigenvalue weighted by Gasteiger charge is 2.27. The Bertz CT molecular complexity index is 511. The second-order valence-electron chi connectivity index (χ2n) is 6.09. The second-order valence-corrected chi connectivity index (χ2v) is 6.09. The molecule has 1 aromatic heterocycles. The predicted octanol–water partition coefficient (Wildman–Crippen LogP) is 1.40. The molecule has 0 aliphatic heterocycles. The molecule has 2 N–H and O–H groups in total. The molecule has 0 radical (unpaired) electrons. The van der Waals surface area contributed by atoms with E-state index in [0.29, 0.717) is 23.9 Å². The molecule has 0 spiro atoms. The van der Waals surface area contributed by atoms with Gasteiger partial charge in [-0.2, -0.15) is 5.10 Å². The highest BCUT2D eigenvalue weighted by Crippen LogP contribution is 2.36. The molecular formula is C14H24N4O3. The summed E-state index contributed by atoms with van der Waals surface area (Å²) in [6.07, 6.45) is 2.04. The van der Waals surface area contributed by atoms with E-state index in [1.807, 2.05) is 0 Å². The van der Waals surface area contributed by atoms with E-state index in [0.717, 1.165) is 12.5 Å². The molecule has 7 nitrogen and oxygen atoms in total. The van der Waals surface area contributed by atoms with Crippen molar-refractivity contribution in [2.75, 3.05) is 13.1 Å². The summed E-state index contributed by atoms with van der Waals surface area (Å²) in [5.41, 5.74) is 0.917. The minimum atomic E-state index is -0.603. The van der Waals surface area contributed by atoms with E-state index in [2.05, 4.69) is 17.3 Å². The van der Waals surface area contributed by atoms with Crippen LogP contribution in [0.4, 0.5) is 5.69 Å². The highest BCUT2D eigenvalue weighted by molar-refractivity contribution is 5.39. The fraction of sp³-hybridized carbons (Fsp3) is 0.786. The first-order valence-electron chi connectivity index (χ1n) is 7.47. The van der Waals surface area contributed by atoms with Gasteiger partial charge in [0.05, 0.1) is 17.6 Å². The van der Waals surface area contributed by atoms with Crippen molar-refractivity contribution >= 4 is 5.69 Å². The fourth-order valence-corrected chi connectivity index (χ4v) is 2.70. The summed E-state index contributed by atoms with van der Waals surface area (Å²) in [6.45, 7) is 7.14. The SMILES string of the molecule is Cc1nn(CC(O)CNCC(C)C2CC2)c(C)c1[N+](=O)[O-]. The molecule has 7 heteroatoms. The number of rotatable bonds is 8. The lowest BCUT2D eigenvalue weighted by Gasteiger charge is -2.15. The van der Waals surface area contributed by atoms with Gasteiger partial charge in [-0.3, -0.25) is 14.8 Å². The van der Waals surface area contributed by atoms with Crippen LogP contribution in [-0.4, -0.2) is 39.0 Å². The van der Waals surface area contributed by atoms with Crippen molar-refractivity contribution in [3.8, 4) is 0 Å². The zero-order chi connectivity index (χ0) is 15.6. The molecule has 1 aliphatic carbocycles. The third kappa shape index (κ3) is 4.01. The average molecular weight is 296 g/mol. The van der Waals surface area contributed by atoms with Crippen LogP contribution in [0.2, 0.25) is 0 Å². The lowest BCUT2D eigenvalue weighted by Crippen LogP contribution is -2.33. The van der Waals surface area contributed by atoms with Crippen LogP contribution in [0.25, 0.3) is 0 Å². The second kappa shape index (κ2) is 6.53. The van der Waals surface area contributed by atoms with Crippen LogP contribution in [-0.2, 0) is 6.54 Å². The molecule has 0 bridgehead atoms. The maximum Gasteiger partial charge on any atom is 0.312 e. The number of nitrogens with zero attached hydrogens (tertiary/aromatic N) is 3. The van der Waals surface area contributed by atoms with Crippen molar-refractivity contribution in [3.63, 3.8) is 0 Å². The van der Waals surface area contributed by atoms with E-state index in [9.17, 15) is 15.2 Å². The van der Waals surface area contributed by atoms with Crippen LogP contribution in [0.15, 0.2) is 0 Å². The number of aromatic nitrogens is 2. The maximum atomic E-state index is 10.9. The Morgan fingerprint density at radius 3 is 2.67 bits per heavy atom. The van der Waals surface area contributed by atoms with Crippen LogP contribution < -0.4 is 5.32 Å². The van der Waals surface area contributed by atoms with Gasteiger partial charge in [0, 0.05) is 6.54 Å². The van der Waals surface area contributed by atoms with Gasteiger partial charge in [0.25, 0.3) is 0 Å². The van der Waals surface area contributed by atoms with E-state index < -0.39 is 11.0 Å². The van der Waals surface area contributed by atoms with Crippen LogP contribution in [0.1, 0.15) is 31.2 Å². The molecular weight excluding hydrogens is 272 g/mol. The number of aliphatic hydroxyl groups is 1. The van der Waals surface area contributed by atoms with Crippen molar-refractivity contribution in [2.45, 2.75) is 46.3 Å². The molecule has 1 saturated carbocycles. The minimum Gasteiger partial charge on any atom is -0.390 e. The Labute approximate surface area is 124 Å². The zero-order valence-electron chi connectivity index (χ0n) is 12.9. The van der Waals surface area contributed by atoms with Gasteiger partial charge in [-0.25, -0.2) is 0 Å². The van der Waals surface area contributed by atoms with E-state index in [-0.39, 0.29) is 12.2 Å². The number of hydrogen-bond donors (Lipinski definition) is 2. The standard InChI is InChI=1S/C14H24N4O3/c1-9(12-4-5-12)6-15-7-13(19)8-17-11(3)14(18(20)21)10(2)16-17/h9,12-13,15,19H,4-8H2,1-3H3. The quantitative estimate of drug-likeness (QED) is 0.559. The number of nitro groups is 1. The van der Waals surface area contributed by atoms with Crippen LogP contribution in [0.5, 0.6) is 0 Å². The molecule has 2 unspecified atom stereocenters. The number of aliphatic hydroxyl groups excluding tert-OH is 1. The Kier molecular flexibility index (Phi) is 4.95. The van der Waals surface area contributed by atoms with Crippen molar-refractivity contribution in [1.82, 2.24) is 15.1 Å². The molecule has 1 fully saturated rings. The Balaban J connectivity index is 1.83. The molecule has 0 aromatic carbocycles. The summed E-state index contributed by atoms with van der Waals surface area (Å²) in [6, 6.07) is 0. The smallest absolute Gasteiger partial charge is 0.312 e. The molecule has 1 aliphatic rings. The largest absolute Gasteiger partial charge is 0.390 e. The van der Waals surface area contributed by atoms with Crippen LogP contribution in [0, 0.1) is 35.8 Å². The maximum absolute atomic E-state index is 10.9. The fourth-order valence-electron chi connectivity index (χ4n) is 2.70. The molecule has 1 aromatic rings. The van der Waals surface area contributed by atoms with Gasteiger partial charge >= 0.3 is 5.69 Å². The van der Waals surface area contributed by atoms with E-state index >= 15 is 0 Å². The Morgan fingerprint density at radius 1 is 1.48 bits per heavy atom. The summed E-state index contributed by atoms with van der Waals surface area (Å²) in [7, 11) is 0. The van der Waals surface area contributed by atoms with E-state index in [1.54, 1.807) is 13.8 Å². The van der Waals surface area contributed by atoms with Gasteiger partial charge < -0.3 is 10.4 Å². The van der Waals surface area contributed by atoms with Crippen molar-refractivity contribution in [3.05, 3.63) is 21.5 Å². The first kappa shape index (κ1) is 15.9. The van der Waals surface area contributed by atoms with Crippen molar-refractivity contribution in [2.24, 2.45) is 11.8 Å². The molecule has 0 amide bonds. The summed E-state index contributed by atoms with van der Waals surface area (Å²) >= 11 is 0. The summed E-state index contributed by atoms with van der Waals surface area (Å²) < 4.78 is 1.52. The zero-order valence-corrected chi connectivity index (χ0v) is 12.9. The summed E-state index contributed by atoms with van der Waals surface area (Å²) in [5, 5.41) is 28.4. The minimum absolute atomic E-state index is 0.0394. The Morgan fingerprint density at radius 2 is 2.14 bits per heavy atom. The predicted molar refractivity (Wildman–Crippen MR) is 79.1 cm³/mol. The van der Waals surface area contributed by atoms with Gasteiger partial charge in [-0.1, -0.05) is 6.92 Å². The number of hydrogen-bond acceptors (Lipinski definition) is 5. The molecule has 1 heterocycles.